The summed E-state index contributed by atoms with van der Waals surface area (Å²) >= 11 is 0. The Kier molecular flexibility index (Phi) is 7.44. The number of piperidine rings is 1. The van der Waals surface area contributed by atoms with Crippen molar-refractivity contribution in [2.75, 3.05) is 37.9 Å². The molecule has 0 spiro atoms. The van der Waals surface area contributed by atoms with Gasteiger partial charge in [0.25, 0.3) is 11.6 Å². The number of methoxy groups -OCH3 is 1. The standard InChI is InChI=1S/C26H30N6O4/c1-16-5-7-20(32(34)35)14-23(16)29-24(33)22-15-27-26(30-25(22)36-4)28-19-6-8-21(17(2)13-19)18-9-11-31(3)12-10-18/h5-8,13-15,18H,9-12H2,1-4H3,(H,29,33)(H,27,28,30). The third kappa shape index (κ3) is 5.60. The number of hydrogen-bond donors (Lipinski definition) is 2. The fraction of sp³-hybridized carbons (Fsp3) is 0.346. The van der Waals surface area contributed by atoms with Gasteiger partial charge in [-0.05, 0) is 81.6 Å². The van der Waals surface area contributed by atoms with Crippen molar-refractivity contribution in [2.45, 2.75) is 32.6 Å². The minimum Gasteiger partial charge on any atom is -0.480 e. The molecule has 2 heterocycles. The Morgan fingerprint density at radius 2 is 1.89 bits per heavy atom. The Labute approximate surface area is 209 Å². The van der Waals surface area contributed by atoms with Gasteiger partial charge in [-0.1, -0.05) is 12.1 Å². The first kappa shape index (κ1) is 25.1. The monoisotopic (exact) mass is 490 g/mol. The van der Waals surface area contributed by atoms with Gasteiger partial charge < -0.3 is 20.3 Å². The van der Waals surface area contributed by atoms with Gasteiger partial charge in [0.15, 0.2) is 0 Å². The van der Waals surface area contributed by atoms with E-state index < -0.39 is 10.8 Å². The molecule has 3 aromatic rings. The normalized spacial score (nSPS) is 14.3. The van der Waals surface area contributed by atoms with Crippen LogP contribution in [0.2, 0.25) is 0 Å². The summed E-state index contributed by atoms with van der Waals surface area (Å²) < 4.78 is 5.34. The predicted molar refractivity (Wildman–Crippen MR) is 138 cm³/mol. The molecule has 0 atom stereocenters. The number of hydrogen-bond acceptors (Lipinski definition) is 8. The van der Waals surface area contributed by atoms with E-state index in [2.05, 4.69) is 51.6 Å². The van der Waals surface area contributed by atoms with Gasteiger partial charge in [0.1, 0.15) is 5.56 Å². The Morgan fingerprint density at radius 3 is 2.56 bits per heavy atom. The molecule has 0 saturated carbocycles. The highest BCUT2D eigenvalue weighted by Gasteiger charge is 2.21. The molecule has 36 heavy (non-hydrogen) atoms. The molecule has 2 aromatic carbocycles. The van der Waals surface area contributed by atoms with Crippen molar-refractivity contribution in [3.63, 3.8) is 0 Å². The van der Waals surface area contributed by atoms with Crippen LogP contribution in [0.5, 0.6) is 5.88 Å². The van der Waals surface area contributed by atoms with Gasteiger partial charge in [0.2, 0.25) is 11.8 Å². The zero-order chi connectivity index (χ0) is 25.8. The van der Waals surface area contributed by atoms with E-state index in [1.54, 1.807) is 13.0 Å². The number of carbonyl (C=O) groups excluding carboxylic acids is 1. The van der Waals surface area contributed by atoms with Crippen LogP contribution in [0, 0.1) is 24.0 Å². The number of aromatic nitrogens is 2. The average molecular weight is 491 g/mol. The molecule has 1 amide bonds. The lowest BCUT2D eigenvalue weighted by Gasteiger charge is -2.30. The molecule has 1 aliphatic heterocycles. The molecular formula is C26H30N6O4. The molecule has 0 aliphatic carbocycles. The summed E-state index contributed by atoms with van der Waals surface area (Å²) in [4.78, 5) is 34.5. The van der Waals surface area contributed by atoms with Crippen molar-refractivity contribution in [3.05, 3.63) is 75.0 Å². The summed E-state index contributed by atoms with van der Waals surface area (Å²) in [6.45, 7) is 6.08. The number of likely N-dealkylation sites (tertiary alicyclic amines) is 1. The summed E-state index contributed by atoms with van der Waals surface area (Å²) in [7, 11) is 3.58. The van der Waals surface area contributed by atoms with Gasteiger partial charge in [-0.25, -0.2) is 4.98 Å². The second-order valence-electron chi connectivity index (χ2n) is 9.10. The lowest BCUT2D eigenvalue weighted by molar-refractivity contribution is -0.384. The second kappa shape index (κ2) is 10.7. The number of benzene rings is 2. The number of carbonyl (C=O) groups is 1. The lowest BCUT2D eigenvalue weighted by atomic mass is 9.87. The van der Waals surface area contributed by atoms with Crippen LogP contribution < -0.4 is 15.4 Å². The molecule has 10 nitrogen and oxygen atoms in total. The first-order valence-electron chi connectivity index (χ1n) is 11.8. The predicted octanol–water partition coefficient (Wildman–Crippen LogP) is 4.82. The lowest BCUT2D eigenvalue weighted by Crippen LogP contribution is -2.29. The molecule has 10 heteroatoms. The molecule has 0 unspecified atom stereocenters. The van der Waals surface area contributed by atoms with E-state index in [1.165, 1.54) is 36.6 Å². The van der Waals surface area contributed by atoms with E-state index in [9.17, 15) is 14.9 Å². The molecule has 1 aliphatic rings. The van der Waals surface area contributed by atoms with Gasteiger partial charge in [0.05, 0.1) is 17.7 Å². The molecular weight excluding hydrogens is 460 g/mol. The summed E-state index contributed by atoms with van der Waals surface area (Å²) in [6.07, 6.45) is 3.68. The number of rotatable bonds is 7. The third-order valence-corrected chi connectivity index (χ3v) is 6.56. The Bertz CT molecular complexity index is 1290. The smallest absolute Gasteiger partial charge is 0.271 e. The van der Waals surface area contributed by atoms with Crippen LogP contribution in [-0.2, 0) is 0 Å². The molecule has 1 fully saturated rings. The number of amides is 1. The van der Waals surface area contributed by atoms with E-state index in [0.717, 1.165) is 31.6 Å². The number of ether oxygens (including phenoxy) is 1. The topological polar surface area (TPSA) is 123 Å². The van der Waals surface area contributed by atoms with Gasteiger partial charge in [0, 0.05) is 24.0 Å². The van der Waals surface area contributed by atoms with Crippen molar-refractivity contribution >= 4 is 28.9 Å². The van der Waals surface area contributed by atoms with Gasteiger partial charge >= 0.3 is 0 Å². The van der Waals surface area contributed by atoms with Crippen molar-refractivity contribution in [1.82, 2.24) is 14.9 Å². The number of non-ortho nitro benzene ring substituents is 1. The maximum Gasteiger partial charge on any atom is 0.271 e. The Hall–Kier alpha value is -4.05. The van der Waals surface area contributed by atoms with E-state index in [0.29, 0.717) is 23.1 Å². The molecule has 2 N–H and O–H groups in total. The molecule has 0 radical (unpaired) electrons. The molecule has 1 aromatic heterocycles. The number of aryl methyl sites for hydroxylation is 2. The van der Waals surface area contributed by atoms with Crippen molar-refractivity contribution < 1.29 is 14.5 Å². The first-order valence-corrected chi connectivity index (χ1v) is 11.8. The summed E-state index contributed by atoms with van der Waals surface area (Å²) in [5.74, 6) is 0.425. The number of nitro benzene ring substituents is 1. The number of nitrogens with zero attached hydrogens (tertiary/aromatic N) is 4. The molecule has 4 rings (SSSR count). The van der Waals surface area contributed by atoms with E-state index in [4.69, 9.17) is 4.74 Å². The highest BCUT2D eigenvalue weighted by atomic mass is 16.6. The van der Waals surface area contributed by atoms with Crippen LogP contribution in [0.1, 0.15) is 45.8 Å². The highest BCUT2D eigenvalue weighted by Crippen LogP contribution is 2.32. The SMILES string of the molecule is COc1nc(Nc2ccc(C3CCN(C)CC3)c(C)c2)ncc1C(=O)Nc1cc([N+](=O)[O-])ccc1C. The first-order chi connectivity index (χ1) is 17.2. The van der Waals surface area contributed by atoms with Crippen molar-refractivity contribution in [3.8, 4) is 5.88 Å². The molecule has 0 bridgehead atoms. The van der Waals surface area contributed by atoms with Crippen LogP contribution in [0.15, 0.2) is 42.6 Å². The van der Waals surface area contributed by atoms with E-state index >= 15 is 0 Å². The minimum absolute atomic E-state index is 0.0905. The zero-order valence-electron chi connectivity index (χ0n) is 20.9. The average Bonchev–Trinajstić information content (AvgIpc) is 2.86. The van der Waals surface area contributed by atoms with Crippen LogP contribution in [0.25, 0.3) is 0 Å². The van der Waals surface area contributed by atoms with Crippen LogP contribution in [0.3, 0.4) is 0 Å². The van der Waals surface area contributed by atoms with Crippen LogP contribution in [-0.4, -0.2) is 52.9 Å². The summed E-state index contributed by atoms with van der Waals surface area (Å²) in [5.41, 5.74) is 4.44. The van der Waals surface area contributed by atoms with Gasteiger partial charge in [-0.15, -0.1) is 0 Å². The third-order valence-electron chi connectivity index (χ3n) is 6.56. The largest absolute Gasteiger partial charge is 0.480 e. The zero-order valence-corrected chi connectivity index (χ0v) is 20.9. The van der Waals surface area contributed by atoms with Crippen molar-refractivity contribution in [2.24, 2.45) is 0 Å². The molecule has 188 valence electrons. The maximum atomic E-state index is 12.9. The van der Waals surface area contributed by atoms with Gasteiger partial charge in [-0.2, -0.15) is 4.98 Å². The highest BCUT2D eigenvalue weighted by molar-refractivity contribution is 6.06. The van der Waals surface area contributed by atoms with Crippen molar-refractivity contribution in [1.29, 1.82) is 0 Å². The van der Waals surface area contributed by atoms with E-state index in [-0.39, 0.29) is 17.1 Å². The van der Waals surface area contributed by atoms with Crippen LogP contribution >= 0.6 is 0 Å². The number of nitro groups is 1. The Morgan fingerprint density at radius 1 is 1.14 bits per heavy atom. The maximum absolute atomic E-state index is 12.9. The fourth-order valence-electron chi connectivity index (χ4n) is 4.45. The molecule has 1 saturated heterocycles. The number of nitrogens with one attached hydrogen (secondary N) is 2. The quantitative estimate of drug-likeness (QED) is 0.357. The number of anilines is 3. The summed E-state index contributed by atoms with van der Waals surface area (Å²) in [5, 5.41) is 17.0. The second-order valence-corrected chi connectivity index (χ2v) is 9.10. The Balaban J connectivity index is 1.49. The summed E-state index contributed by atoms with van der Waals surface area (Å²) in [6, 6.07) is 10.5. The van der Waals surface area contributed by atoms with Crippen LogP contribution in [0.4, 0.5) is 23.0 Å². The minimum atomic E-state index is -0.527. The fourth-order valence-corrected chi connectivity index (χ4v) is 4.45. The van der Waals surface area contributed by atoms with Gasteiger partial charge in [-0.3, -0.25) is 14.9 Å². The van der Waals surface area contributed by atoms with E-state index in [1.807, 2.05) is 6.07 Å².